The van der Waals surface area contributed by atoms with Gasteiger partial charge in [0.05, 0.1) is 29.4 Å². The van der Waals surface area contributed by atoms with Gasteiger partial charge in [-0.2, -0.15) is 18.3 Å². The number of ether oxygens (including phenoxy) is 6. The molecule has 1 aliphatic heterocycles. The Morgan fingerprint density at radius 2 is 1.26 bits per heavy atom. The Labute approximate surface area is 305 Å². The molecular formula is C39H32F4N2O9. The summed E-state index contributed by atoms with van der Waals surface area (Å²) in [6.45, 7) is -0.761. The summed E-state index contributed by atoms with van der Waals surface area (Å²) in [4.78, 5) is 39.6. The molecule has 0 amide bonds. The summed E-state index contributed by atoms with van der Waals surface area (Å²) in [6, 6.07) is 29.0. The second kappa shape index (κ2) is 16.6. The highest BCUT2D eigenvalue weighted by Gasteiger charge is 2.53. The van der Waals surface area contributed by atoms with Gasteiger partial charge in [-0.25, -0.2) is 23.9 Å². The first-order valence-corrected chi connectivity index (χ1v) is 16.5. The van der Waals surface area contributed by atoms with Gasteiger partial charge in [-0.3, -0.25) is 0 Å². The van der Waals surface area contributed by atoms with Crippen molar-refractivity contribution < 1.29 is 60.4 Å². The molecule has 5 aromatic rings. The molecule has 4 aromatic carbocycles. The molecule has 0 saturated carbocycles. The van der Waals surface area contributed by atoms with Crippen LogP contribution in [-0.2, 0) is 31.5 Å². The third-order valence-corrected chi connectivity index (χ3v) is 8.34. The molecule has 11 nitrogen and oxygen atoms in total. The summed E-state index contributed by atoms with van der Waals surface area (Å²) >= 11 is 0. The number of nitrogens with one attached hydrogen (secondary N) is 1. The Morgan fingerprint density at radius 1 is 0.741 bits per heavy atom. The van der Waals surface area contributed by atoms with Gasteiger partial charge in [-0.1, -0.05) is 66.7 Å². The van der Waals surface area contributed by atoms with Crippen molar-refractivity contribution in [1.29, 1.82) is 0 Å². The standard InChI is InChI=1S/C39H32F4N2O9/c1-49-27-19-17-23(18-20-27)21-28-33(39(41,42)43)44-45-34(28)54-38-32(53-37(48)26-15-9-4-10-16-26)31(52-36(47)25-13-7-3-8-14-25)30(40)29(51-38)22-50-35(46)24-11-5-2-6-12-24/h2-20,29-32,38H,21-22H2,1H3,(H,44,45)/t29-,30-,31+,32-,38+/m1/s1. The second-order valence-corrected chi connectivity index (χ2v) is 11.9. The normalized spacial score (nSPS) is 19.7. The summed E-state index contributed by atoms with van der Waals surface area (Å²) in [7, 11) is 1.44. The number of rotatable bonds is 12. The lowest BCUT2D eigenvalue weighted by atomic mass is 9.99. The zero-order chi connectivity index (χ0) is 38.2. The van der Waals surface area contributed by atoms with Gasteiger partial charge in [0.15, 0.2) is 18.0 Å². The molecule has 1 N–H and O–H groups in total. The molecule has 1 aromatic heterocycles. The lowest BCUT2D eigenvalue weighted by molar-refractivity contribution is -0.264. The van der Waals surface area contributed by atoms with Crippen molar-refractivity contribution in [1.82, 2.24) is 10.2 Å². The smallest absolute Gasteiger partial charge is 0.435 e. The molecule has 54 heavy (non-hydrogen) atoms. The summed E-state index contributed by atoms with van der Waals surface area (Å²) in [5.74, 6) is -2.98. The first-order chi connectivity index (χ1) is 26.0. The Balaban J connectivity index is 1.38. The minimum absolute atomic E-state index is 0.0130. The van der Waals surface area contributed by atoms with Gasteiger partial charge < -0.3 is 28.4 Å². The lowest BCUT2D eigenvalue weighted by Crippen LogP contribution is -2.61. The molecule has 0 spiro atoms. The number of H-pyrrole nitrogens is 1. The molecule has 1 saturated heterocycles. The van der Waals surface area contributed by atoms with E-state index in [1.165, 1.54) is 43.5 Å². The van der Waals surface area contributed by atoms with E-state index in [2.05, 4.69) is 10.2 Å². The number of benzene rings is 4. The number of aromatic amines is 1. The maximum absolute atomic E-state index is 16.6. The number of esters is 3. The van der Waals surface area contributed by atoms with Gasteiger partial charge in [0, 0.05) is 6.42 Å². The summed E-state index contributed by atoms with van der Waals surface area (Å²) < 4.78 is 93.2. The van der Waals surface area contributed by atoms with E-state index in [0.717, 1.165) is 0 Å². The quantitative estimate of drug-likeness (QED) is 0.0827. The zero-order valence-electron chi connectivity index (χ0n) is 28.4. The molecule has 280 valence electrons. The maximum atomic E-state index is 16.6. The number of carbonyl (C=O) groups excluding carboxylic acids is 3. The van der Waals surface area contributed by atoms with Crippen molar-refractivity contribution in [2.45, 2.75) is 43.4 Å². The van der Waals surface area contributed by atoms with Gasteiger partial charge in [-0.05, 0) is 54.1 Å². The number of aromatic nitrogens is 2. The highest BCUT2D eigenvalue weighted by atomic mass is 19.4. The summed E-state index contributed by atoms with van der Waals surface area (Å²) in [5, 5.41) is 5.69. The molecule has 5 atom stereocenters. The SMILES string of the molecule is COc1ccc(Cc2c(C(F)(F)F)n[nH]c2O[C@@H]2O[C@H](COC(=O)c3ccccc3)[C@@H](F)[C@H](OC(=O)c3ccccc3)[C@H]2OC(=O)c2ccccc2)cc1. The van der Waals surface area contributed by atoms with Crippen LogP contribution in [0.3, 0.4) is 0 Å². The minimum Gasteiger partial charge on any atom is -0.497 e. The zero-order valence-corrected chi connectivity index (χ0v) is 28.4. The van der Waals surface area contributed by atoms with Crippen molar-refractivity contribution in [3.8, 4) is 11.6 Å². The van der Waals surface area contributed by atoms with E-state index in [1.807, 2.05) is 0 Å². The van der Waals surface area contributed by atoms with Gasteiger partial charge in [0.1, 0.15) is 18.5 Å². The van der Waals surface area contributed by atoms with E-state index >= 15 is 4.39 Å². The fourth-order valence-electron chi connectivity index (χ4n) is 5.61. The van der Waals surface area contributed by atoms with Gasteiger partial charge in [-0.15, -0.1) is 0 Å². The highest BCUT2D eigenvalue weighted by Crippen LogP contribution is 2.38. The number of methoxy groups -OCH3 is 1. The van der Waals surface area contributed by atoms with Crippen LogP contribution in [-0.4, -0.2) is 72.6 Å². The van der Waals surface area contributed by atoms with Crippen molar-refractivity contribution in [3.63, 3.8) is 0 Å². The van der Waals surface area contributed by atoms with Crippen LogP contribution in [0.15, 0.2) is 115 Å². The number of halogens is 4. The van der Waals surface area contributed by atoms with E-state index < -0.39 is 78.6 Å². The predicted molar refractivity (Wildman–Crippen MR) is 182 cm³/mol. The lowest BCUT2D eigenvalue weighted by Gasteiger charge is -2.41. The largest absolute Gasteiger partial charge is 0.497 e. The average Bonchev–Trinajstić information content (AvgIpc) is 3.59. The molecule has 1 aliphatic rings. The van der Waals surface area contributed by atoms with Gasteiger partial charge >= 0.3 is 24.1 Å². The van der Waals surface area contributed by atoms with Crippen LogP contribution >= 0.6 is 0 Å². The first-order valence-electron chi connectivity index (χ1n) is 16.5. The molecule has 1 fully saturated rings. The van der Waals surface area contributed by atoms with Crippen molar-refractivity contribution >= 4 is 17.9 Å². The van der Waals surface area contributed by atoms with Crippen molar-refractivity contribution in [3.05, 3.63) is 149 Å². The van der Waals surface area contributed by atoms with E-state index in [-0.39, 0.29) is 23.1 Å². The Morgan fingerprint density at radius 3 is 1.78 bits per heavy atom. The van der Waals surface area contributed by atoms with E-state index in [4.69, 9.17) is 28.4 Å². The number of hydrogen-bond acceptors (Lipinski definition) is 10. The third kappa shape index (κ3) is 8.86. The molecule has 0 radical (unpaired) electrons. The number of hydrogen-bond donors (Lipinski definition) is 1. The van der Waals surface area contributed by atoms with Crippen molar-refractivity contribution in [2.24, 2.45) is 0 Å². The minimum atomic E-state index is -4.95. The molecule has 0 aliphatic carbocycles. The molecule has 2 heterocycles. The highest BCUT2D eigenvalue weighted by molar-refractivity contribution is 5.90. The molecule has 15 heteroatoms. The Bertz CT molecular complexity index is 2030. The Hall–Kier alpha value is -6.22. The second-order valence-electron chi connectivity index (χ2n) is 11.9. The molecule has 6 rings (SSSR count). The number of nitrogens with zero attached hydrogens (tertiary/aromatic N) is 1. The molecule has 0 bridgehead atoms. The van der Waals surface area contributed by atoms with Crippen LogP contribution in [0.25, 0.3) is 0 Å². The Kier molecular flexibility index (Phi) is 11.6. The average molecular weight is 749 g/mol. The summed E-state index contributed by atoms with van der Waals surface area (Å²) in [6.07, 6.45) is -15.2. The number of carbonyl (C=O) groups is 3. The van der Waals surface area contributed by atoms with Crippen LogP contribution in [0.4, 0.5) is 17.6 Å². The molecule has 0 unspecified atom stereocenters. The van der Waals surface area contributed by atoms with Crippen LogP contribution in [0, 0.1) is 0 Å². The van der Waals surface area contributed by atoms with Crippen LogP contribution in [0.2, 0.25) is 0 Å². The maximum Gasteiger partial charge on any atom is 0.435 e. The van der Waals surface area contributed by atoms with Gasteiger partial charge in [0.25, 0.3) is 0 Å². The summed E-state index contributed by atoms with van der Waals surface area (Å²) in [5.41, 5.74) is -1.20. The molecular weight excluding hydrogens is 716 g/mol. The fourth-order valence-corrected chi connectivity index (χ4v) is 5.61. The predicted octanol–water partition coefficient (Wildman–Crippen LogP) is 6.78. The van der Waals surface area contributed by atoms with Gasteiger partial charge in [0.2, 0.25) is 18.3 Å². The van der Waals surface area contributed by atoms with Crippen molar-refractivity contribution in [2.75, 3.05) is 13.7 Å². The number of alkyl halides is 4. The first kappa shape index (κ1) is 37.5. The monoisotopic (exact) mass is 748 g/mol. The van der Waals surface area contributed by atoms with Crippen LogP contribution in [0.1, 0.15) is 47.9 Å². The van der Waals surface area contributed by atoms with E-state index in [0.29, 0.717) is 11.3 Å². The van der Waals surface area contributed by atoms with Crippen LogP contribution < -0.4 is 9.47 Å². The van der Waals surface area contributed by atoms with E-state index in [1.54, 1.807) is 78.9 Å². The topological polar surface area (TPSA) is 135 Å². The van der Waals surface area contributed by atoms with Crippen LogP contribution in [0.5, 0.6) is 11.6 Å². The van der Waals surface area contributed by atoms with E-state index in [9.17, 15) is 27.6 Å². The fraction of sp³-hybridized carbons (Fsp3) is 0.231. The third-order valence-electron chi connectivity index (χ3n) is 8.34.